The van der Waals surface area contributed by atoms with E-state index in [1.807, 2.05) is 0 Å². The van der Waals surface area contributed by atoms with Crippen LogP contribution in [0.2, 0.25) is 0 Å². The number of phosphoric acid groups is 1. The van der Waals surface area contributed by atoms with Gasteiger partial charge in [0.15, 0.2) is 5.82 Å². The van der Waals surface area contributed by atoms with Crippen LogP contribution in [0.3, 0.4) is 0 Å². The van der Waals surface area contributed by atoms with E-state index in [0.29, 0.717) is 28.9 Å². The number of phosphoric ester groups is 1. The van der Waals surface area contributed by atoms with Gasteiger partial charge in [-0.1, -0.05) is 121 Å². The highest BCUT2D eigenvalue weighted by atomic mass is 31.2. The fourth-order valence-electron chi connectivity index (χ4n) is 6.78. The highest BCUT2D eigenvalue weighted by molar-refractivity contribution is 7.47. The molecular formula is C40H62N5O9P. The quantitative estimate of drug-likeness (QED) is 0.0402. The standard InChI is InChI=1S/C40H62N5O9P/c1-2-3-4-5-6-7-8-9-10-11-12-13-14-15-16-19-24-50-27-33(51-26-32-21-18-17-20-31(32)25-41)28-52-55(48,49)53-29-36-37(46)38(47)39(54-36)34-22-23-35-40(42)43-30-44-45(34)35/h17-18,20-23,30,33,36-39,46-47H,2-16,19,24,26-29H2,1H3,(H,48,49)(H2,42,43,44)/t33-,36-,37-,38-,39+/m1/s1. The molecule has 0 amide bonds. The van der Waals surface area contributed by atoms with Gasteiger partial charge < -0.3 is 35.1 Å². The van der Waals surface area contributed by atoms with E-state index in [9.17, 15) is 24.9 Å². The van der Waals surface area contributed by atoms with E-state index in [1.165, 1.54) is 94.3 Å². The number of aliphatic hydroxyl groups excluding tert-OH is 2. The number of fused-ring (bicyclic) bond motifs is 1. The summed E-state index contributed by atoms with van der Waals surface area (Å²) in [6, 6.07) is 12.5. The number of anilines is 1. The highest BCUT2D eigenvalue weighted by Gasteiger charge is 2.45. The average molecular weight is 788 g/mol. The molecule has 1 aromatic carbocycles. The fourth-order valence-corrected chi connectivity index (χ4v) is 7.54. The minimum atomic E-state index is -4.66. The lowest BCUT2D eigenvalue weighted by Gasteiger charge is -2.21. The summed E-state index contributed by atoms with van der Waals surface area (Å²) in [6.07, 6.45) is 16.1. The van der Waals surface area contributed by atoms with Gasteiger partial charge in [-0.2, -0.15) is 10.4 Å². The fraction of sp³-hybridized carbons (Fsp3) is 0.675. The van der Waals surface area contributed by atoms with Crippen LogP contribution in [0.4, 0.5) is 5.82 Å². The molecule has 0 aliphatic carbocycles. The molecule has 15 heteroatoms. The molecule has 3 aromatic rings. The molecule has 0 saturated carbocycles. The van der Waals surface area contributed by atoms with Crippen LogP contribution in [0.1, 0.15) is 133 Å². The number of nitrogens with zero attached hydrogens (tertiary/aromatic N) is 4. The zero-order valence-electron chi connectivity index (χ0n) is 32.4. The van der Waals surface area contributed by atoms with Crippen LogP contribution in [0.15, 0.2) is 42.7 Å². The van der Waals surface area contributed by atoms with Gasteiger partial charge in [0, 0.05) is 6.61 Å². The summed E-state index contributed by atoms with van der Waals surface area (Å²) in [5, 5.41) is 35.0. The normalized spacial score (nSPS) is 20.1. The number of rotatable bonds is 29. The Morgan fingerprint density at radius 1 is 0.891 bits per heavy atom. The van der Waals surface area contributed by atoms with Gasteiger partial charge in [0.1, 0.15) is 42.4 Å². The number of nitriles is 1. The number of unbranched alkanes of at least 4 members (excludes halogenated alkanes) is 15. The van der Waals surface area contributed by atoms with Gasteiger partial charge in [-0.05, 0) is 30.2 Å². The third-order valence-corrected chi connectivity index (χ3v) is 11.0. The van der Waals surface area contributed by atoms with Gasteiger partial charge in [-0.3, -0.25) is 9.05 Å². The number of aromatic nitrogens is 3. The molecular weight excluding hydrogens is 725 g/mol. The first-order chi connectivity index (χ1) is 26.7. The second-order valence-corrected chi connectivity index (χ2v) is 15.9. The first-order valence-corrected chi connectivity index (χ1v) is 21.6. The molecule has 306 valence electrons. The monoisotopic (exact) mass is 787 g/mol. The minimum absolute atomic E-state index is 0.0725. The predicted molar refractivity (Wildman–Crippen MR) is 209 cm³/mol. The molecule has 1 unspecified atom stereocenters. The van der Waals surface area contributed by atoms with Crippen LogP contribution < -0.4 is 5.73 Å². The number of nitrogen functional groups attached to an aromatic ring is 1. The lowest BCUT2D eigenvalue weighted by atomic mass is 10.0. The number of hydrogen-bond acceptors (Lipinski definition) is 12. The van der Waals surface area contributed by atoms with Gasteiger partial charge >= 0.3 is 7.82 Å². The maximum Gasteiger partial charge on any atom is 0.472 e. The molecule has 2 aromatic heterocycles. The SMILES string of the molecule is CCCCCCCCCCCCCCCCCCOC[C@H](COP(=O)(O)OC[C@H]1O[C@@H](c2ccc3c(N)ncnn23)[C@H](O)[C@@H]1O)OCc1ccccc1C#N. The molecule has 4 rings (SSSR count). The van der Waals surface area contributed by atoms with Gasteiger partial charge in [0.25, 0.3) is 0 Å². The van der Waals surface area contributed by atoms with Crippen LogP contribution in [0, 0.1) is 11.3 Å². The largest absolute Gasteiger partial charge is 0.472 e. The molecule has 6 atom stereocenters. The van der Waals surface area contributed by atoms with Crippen molar-refractivity contribution in [2.24, 2.45) is 0 Å². The van der Waals surface area contributed by atoms with Crippen LogP contribution in [0.25, 0.3) is 5.52 Å². The second kappa shape index (κ2) is 24.6. The van der Waals surface area contributed by atoms with Crippen molar-refractivity contribution in [1.82, 2.24) is 14.6 Å². The first kappa shape index (κ1) is 44.8. The Bertz CT molecular complexity index is 1620. The maximum atomic E-state index is 12.9. The molecule has 0 spiro atoms. The lowest BCUT2D eigenvalue weighted by molar-refractivity contribution is -0.0556. The third-order valence-electron chi connectivity index (χ3n) is 10.0. The number of ether oxygens (including phenoxy) is 3. The molecule has 14 nitrogen and oxygen atoms in total. The predicted octanol–water partition coefficient (Wildman–Crippen LogP) is 7.34. The van der Waals surface area contributed by atoms with E-state index < -0.39 is 44.9 Å². The van der Waals surface area contributed by atoms with Crippen molar-refractivity contribution in [2.75, 3.05) is 32.2 Å². The van der Waals surface area contributed by atoms with E-state index >= 15 is 0 Å². The van der Waals surface area contributed by atoms with Crippen LogP contribution >= 0.6 is 7.82 Å². The Morgan fingerprint density at radius 3 is 2.18 bits per heavy atom. The molecule has 55 heavy (non-hydrogen) atoms. The number of nitrogens with two attached hydrogens (primary N) is 1. The highest BCUT2D eigenvalue weighted by Crippen LogP contribution is 2.45. The van der Waals surface area contributed by atoms with Crippen molar-refractivity contribution in [3.63, 3.8) is 0 Å². The molecule has 1 fully saturated rings. The Labute approximate surface area is 325 Å². The summed E-state index contributed by atoms with van der Waals surface area (Å²) >= 11 is 0. The zero-order chi connectivity index (χ0) is 39.3. The van der Waals surface area contributed by atoms with E-state index in [4.69, 9.17) is 29.0 Å². The summed E-state index contributed by atoms with van der Waals surface area (Å²) in [7, 11) is -4.66. The number of hydrogen-bond donors (Lipinski definition) is 4. The van der Waals surface area contributed by atoms with Crippen LogP contribution in [-0.2, 0) is 34.4 Å². The molecule has 1 aliphatic rings. The number of aliphatic hydroxyl groups is 2. The van der Waals surface area contributed by atoms with E-state index in [2.05, 4.69) is 23.1 Å². The Balaban J connectivity index is 1.15. The van der Waals surface area contributed by atoms with E-state index in [0.717, 1.165) is 19.3 Å². The summed E-state index contributed by atoms with van der Waals surface area (Å²) < 4.78 is 42.6. The minimum Gasteiger partial charge on any atom is -0.387 e. The topological polar surface area (TPSA) is 204 Å². The smallest absolute Gasteiger partial charge is 0.387 e. The molecule has 0 radical (unpaired) electrons. The molecule has 1 aliphatic heterocycles. The summed E-state index contributed by atoms with van der Waals surface area (Å²) in [5.41, 5.74) is 7.95. The van der Waals surface area contributed by atoms with Gasteiger partial charge in [0.2, 0.25) is 0 Å². The molecule has 3 heterocycles. The Kier molecular flexibility index (Phi) is 20.0. The molecule has 5 N–H and O–H groups in total. The van der Waals surface area contributed by atoms with Crippen LogP contribution in [0.5, 0.6) is 0 Å². The average Bonchev–Trinajstić information content (AvgIpc) is 3.74. The van der Waals surface area contributed by atoms with Crippen molar-refractivity contribution >= 4 is 19.2 Å². The number of benzene rings is 1. The third kappa shape index (κ3) is 15.1. The second-order valence-electron chi connectivity index (χ2n) is 14.4. The van der Waals surface area contributed by atoms with Gasteiger partial charge in [-0.15, -0.1) is 0 Å². The van der Waals surface area contributed by atoms with Crippen molar-refractivity contribution < 1.29 is 42.9 Å². The van der Waals surface area contributed by atoms with Gasteiger partial charge in [0.05, 0.1) is 43.8 Å². The van der Waals surface area contributed by atoms with Crippen LogP contribution in [-0.4, -0.2) is 80.5 Å². The molecule has 0 bridgehead atoms. The van der Waals surface area contributed by atoms with Crippen molar-refractivity contribution in [3.05, 3.63) is 59.5 Å². The van der Waals surface area contributed by atoms with Crippen molar-refractivity contribution in [1.29, 1.82) is 5.26 Å². The maximum absolute atomic E-state index is 12.9. The Morgan fingerprint density at radius 2 is 1.53 bits per heavy atom. The van der Waals surface area contributed by atoms with Crippen molar-refractivity contribution in [2.45, 2.75) is 147 Å². The van der Waals surface area contributed by atoms with E-state index in [1.54, 1.807) is 36.4 Å². The lowest BCUT2D eigenvalue weighted by Crippen LogP contribution is -2.33. The zero-order valence-corrected chi connectivity index (χ0v) is 33.3. The first-order valence-electron chi connectivity index (χ1n) is 20.1. The summed E-state index contributed by atoms with van der Waals surface area (Å²) in [5.74, 6) is 0.231. The van der Waals surface area contributed by atoms with Gasteiger partial charge in [-0.25, -0.2) is 14.1 Å². The molecule has 1 saturated heterocycles. The summed E-state index contributed by atoms with van der Waals surface area (Å²) in [6.45, 7) is 2.07. The van der Waals surface area contributed by atoms with E-state index in [-0.39, 0.29) is 25.6 Å². The van der Waals surface area contributed by atoms with Crippen molar-refractivity contribution in [3.8, 4) is 6.07 Å². The Hall–Kier alpha value is -2.96. The summed E-state index contributed by atoms with van der Waals surface area (Å²) in [4.78, 5) is 14.5.